The highest BCUT2D eigenvalue weighted by Crippen LogP contribution is 2.29. The van der Waals surface area contributed by atoms with Crippen LogP contribution in [0.3, 0.4) is 0 Å². The van der Waals surface area contributed by atoms with Gasteiger partial charge in [0.15, 0.2) is 0 Å². The topological polar surface area (TPSA) is 91.3 Å². The molecule has 9 heteroatoms. The Hall–Kier alpha value is -2.32. The number of halogens is 3. The molecule has 1 aliphatic carbocycles. The van der Waals surface area contributed by atoms with Gasteiger partial charge in [0.05, 0.1) is 11.5 Å². The van der Waals surface area contributed by atoms with Crippen LogP contribution in [-0.2, 0) is 17.4 Å². The molecule has 25 heavy (non-hydrogen) atoms. The minimum Gasteiger partial charge on any atom is -0.481 e. The van der Waals surface area contributed by atoms with E-state index in [2.05, 4.69) is 15.6 Å². The van der Waals surface area contributed by atoms with Gasteiger partial charge in [0.1, 0.15) is 0 Å². The Morgan fingerprint density at radius 3 is 2.52 bits per heavy atom. The van der Waals surface area contributed by atoms with E-state index in [-0.39, 0.29) is 30.6 Å². The lowest BCUT2D eigenvalue weighted by molar-refractivity contribution is -0.143. The smallest absolute Gasteiger partial charge is 0.416 e. The summed E-state index contributed by atoms with van der Waals surface area (Å²) in [5.74, 6) is -1.16. The van der Waals surface area contributed by atoms with E-state index in [9.17, 15) is 22.8 Å². The van der Waals surface area contributed by atoms with Gasteiger partial charge < -0.3 is 15.7 Å². The Morgan fingerprint density at radius 1 is 1.24 bits per heavy atom. The second kappa shape index (κ2) is 8.17. The Labute approximate surface area is 142 Å². The van der Waals surface area contributed by atoms with E-state index in [4.69, 9.17) is 5.11 Å². The molecule has 0 bridgehead atoms. The molecule has 0 atom stereocenters. The molecule has 0 saturated heterocycles. The van der Waals surface area contributed by atoms with Gasteiger partial charge in [-0.25, -0.2) is 4.79 Å². The van der Waals surface area contributed by atoms with E-state index >= 15 is 0 Å². The number of carbonyl (C=O) groups excluding carboxylic acids is 1. The minimum atomic E-state index is -4.42. The highest BCUT2D eigenvalue weighted by atomic mass is 19.4. The maximum Gasteiger partial charge on any atom is 0.416 e. The predicted molar refractivity (Wildman–Crippen MR) is 82.9 cm³/mol. The number of aromatic nitrogens is 1. The number of carbonyl (C=O) groups is 2. The van der Waals surface area contributed by atoms with Gasteiger partial charge in [-0.3, -0.25) is 9.78 Å². The number of pyridine rings is 1. The van der Waals surface area contributed by atoms with Crippen LogP contribution in [0, 0.1) is 5.92 Å². The van der Waals surface area contributed by atoms with E-state index < -0.39 is 23.7 Å². The zero-order valence-electron chi connectivity index (χ0n) is 13.5. The number of amides is 2. The Bertz CT molecular complexity index is 614. The first-order chi connectivity index (χ1) is 11.8. The molecule has 0 radical (unpaired) electrons. The minimum absolute atomic E-state index is 0.0812. The number of carboxylic acids is 1. The molecule has 0 aromatic carbocycles. The summed E-state index contributed by atoms with van der Waals surface area (Å²) in [5, 5.41) is 14.3. The summed E-state index contributed by atoms with van der Waals surface area (Å²) in [5.41, 5.74) is -0.519. The first-order valence-electron chi connectivity index (χ1n) is 8.05. The molecule has 0 aliphatic heterocycles. The number of rotatable bonds is 5. The molecule has 1 aromatic rings. The molecule has 1 heterocycles. The van der Waals surface area contributed by atoms with E-state index in [1.165, 1.54) is 0 Å². The van der Waals surface area contributed by atoms with Crippen molar-refractivity contribution < 1.29 is 27.9 Å². The van der Waals surface area contributed by atoms with Crippen molar-refractivity contribution in [3.05, 3.63) is 29.6 Å². The lowest BCUT2D eigenvalue weighted by Crippen LogP contribution is -2.44. The van der Waals surface area contributed by atoms with Crippen LogP contribution >= 0.6 is 0 Å². The highest BCUT2D eigenvalue weighted by Gasteiger charge is 2.30. The van der Waals surface area contributed by atoms with Crippen molar-refractivity contribution in [2.24, 2.45) is 5.92 Å². The lowest BCUT2D eigenvalue weighted by atomic mass is 9.86. The van der Waals surface area contributed by atoms with Gasteiger partial charge in [-0.15, -0.1) is 0 Å². The van der Waals surface area contributed by atoms with Crippen LogP contribution in [-0.4, -0.2) is 34.7 Å². The predicted octanol–water partition coefficient (Wildman–Crippen LogP) is 2.59. The molecule has 1 saturated carbocycles. The second-order valence-electron chi connectivity index (χ2n) is 6.07. The van der Waals surface area contributed by atoms with Crippen LogP contribution < -0.4 is 10.6 Å². The summed E-state index contributed by atoms with van der Waals surface area (Å²) >= 11 is 0. The van der Waals surface area contributed by atoms with Crippen molar-refractivity contribution in [1.29, 1.82) is 0 Å². The van der Waals surface area contributed by atoms with Crippen LogP contribution in [0.1, 0.15) is 36.9 Å². The summed E-state index contributed by atoms with van der Waals surface area (Å²) in [7, 11) is 0. The summed E-state index contributed by atoms with van der Waals surface area (Å²) in [6.45, 7) is 0.157. The molecule has 1 aliphatic rings. The standard InChI is InChI=1S/C16H20F3N3O3/c17-16(18,19)11-5-7-20-13(9-11)6-8-21-15(25)22-12-3-1-10(2-4-12)14(23)24/h5,7,9-10,12H,1-4,6,8H2,(H,23,24)(H2,21,22,25). The monoisotopic (exact) mass is 359 g/mol. The van der Waals surface area contributed by atoms with Crippen LogP contribution in [0.2, 0.25) is 0 Å². The molecule has 1 fully saturated rings. The van der Waals surface area contributed by atoms with E-state index in [0.29, 0.717) is 25.7 Å². The van der Waals surface area contributed by atoms with Crippen LogP contribution in [0.5, 0.6) is 0 Å². The summed E-state index contributed by atoms with van der Waals surface area (Å²) in [4.78, 5) is 26.5. The molecular formula is C16H20F3N3O3. The van der Waals surface area contributed by atoms with Crippen molar-refractivity contribution >= 4 is 12.0 Å². The lowest BCUT2D eigenvalue weighted by Gasteiger charge is -2.26. The average Bonchev–Trinajstić information content (AvgIpc) is 2.55. The maximum absolute atomic E-state index is 12.6. The Morgan fingerprint density at radius 2 is 1.92 bits per heavy atom. The average molecular weight is 359 g/mol. The van der Waals surface area contributed by atoms with Gasteiger partial charge in [-0.05, 0) is 37.8 Å². The van der Waals surface area contributed by atoms with E-state index in [1.54, 1.807) is 0 Å². The molecule has 1 aromatic heterocycles. The second-order valence-corrected chi connectivity index (χ2v) is 6.07. The Kier molecular flexibility index (Phi) is 6.22. The fourth-order valence-corrected chi connectivity index (χ4v) is 2.82. The molecule has 3 N–H and O–H groups in total. The zero-order chi connectivity index (χ0) is 18.4. The van der Waals surface area contributed by atoms with Gasteiger partial charge in [-0.2, -0.15) is 13.2 Å². The van der Waals surface area contributed by atoms with Crippen molar-refractivity contribution in [2.75, 3.05) is 6.54 Å². The van der Waals surface area contributed by atoms with Crippen LogP contribution in [0.4, 0.5) is 18.0 Å². The molecule has 138 valence electrons. The maximum atomic E-state index is 12.6. The normalized spacial score (nSPS) is 20.8. The van der Waals surface area contributed by atoms with Gasteiger partial charge in [-0.1, -0.05) is 0 Å². The fraction of sp³-hybridized carbons (Fsp3) is 0.562. The molecule has 0 unspecified atom stereocenters. The number of hydrogen-bond acceptors (Lipinski definition) is 3. The van der Waals surface area contributed by atoms with Gasteiger partial charge >= 0.3 is 18.2 Å². The molecule has 2 rings (SSSR count). The molecular weight excluding hydrogens is 339 g/mol. The molecule has 2 amide bonds. The largest absolute Gasteiger partial charge is 0.481 e. The first kappa shape index (κ1) is 19.0. The van der Waals surface area contributed by atoms with Crippen LogP contribution in [0.15, 0.2) is 18.3 Å². The van der Waals surface area contributed by atoms with Crippen molar-refractivity contribution in [1.82, 2.24) is 15.6 Å². The van der Waals surface area contributed by atoms with Crippen molar-refractivity contribution in [3.8, 4) is 0 Å². The Balaban J connectivity index is 1.72. The van der Waals surface area contributed by atoms with Crippen molar-refractivity contribution in [2.45, 2.75) is 44.3 Å². The van der Waals surface area contributed by atoms with Gasteiger partial charge in [0.2, 0.25) is 0 Å². The van der Waals surface area contributed by atoms with Gasteiger partial charge in [0.25, 0.3) is 0 Å². The fourth-order valence-electron chi connectivity index (χ4n) is 2.82. The van der Waals surface area contributed by atoms with Crippen LogP contribution in [0.25, 0.3) is 0 Å². The van der Waals surface area contributed by atoms with E-state index in [0.717, 1.165) is 18.3 Å². The summed E-state index contributed by atoms with van der Waals surface area (Å²) < 4.78 is 37.8. The third-order valence-corrected chi connectivity index (χ3v) is 4.22. The number of urea groups is 1. The zero-order valence-corrected chi connectivity index (χ0v) is 13.5. The third kappa shape index (κ3) is 5.91. The number of alkyl halides is 3. The number of nitrogens with one attached hydrogen (secondary N) is 2. The van der Waals surface area contributed by atoms with E-state index in [1.807, 2.05) is 0 Å². The number of aliphatic carboxylic acids is 1. The number of carboxylic acid groups (broad SMARTS) is 1. The van der Waals surface area contributed by atoms with Gasteiger partial charge in [0, 0.05) is 30.9 Å². The highest BCUT2D eigenvalue weighted by molar-refractivity contribution is 5.74. The molecule has 0 spiro atoms. The summed E-state index contributed by atoms with van der Waals surface area (Å²) in [6, 6.07) is 1.37. The van der Waals surface area contributed by atoms with Crippen molar-refractivity contribution in [3.63, 3.8) is 0 Å². The number of nitrogens with zero attached hydrogens (tertiary/aromatic N) is 1. The third-order valence-electron chi connectivity index (χ3n) is 4.22. The SMILES string of the molecule is O=C(NCCc1cc(C(F)(F)F)ccn1)NC1CCC(C(=O)O)CC1. The summed E-state index contributed by atoms with van der Waals surface area (Å²) in [6.07, 6.45) is -0.901. The quantitative estimate of drug-likeness (QED) is 0.754. The number of hydrogen-bond donors (Lipinski definition) is 3. The first-order valence-corrected chi connectivity index (χ1v) is 8.05. The molecule has 6 nitrogen and oxygen atoms in total.